The second kappa shape index (κ2) is 13.4. The number of benzene rings is 2. The van der Waals surface area contributed by atoms with Crippen molar-refractivity contribution in [1.29, 1.82) is 0 Å². The summed E-state index contributed by atoms with van der Waals surface area (Å²) in [6, 6.07) is 9.89. The highest BCUT2D eigenvalue weighted by Crippen LogP contribution is 2.32. The third kappa shape index (κ3) is 8.23. The highest BCUT2D eigenvalue weighted by atomic mass is 19.1. The number of aromatic hydroxyl groups is 1. The molecule has 1 atom stereocenters. The standard InChI is InChI=1S/C25H31FO6/c1-4-6-12-30-24-17-20(18(3)29-14-15-32-25(28)5-2)8-10-23(24)31-13-11-19-7-9-22(27)21(26)16-19/h5,7-10,16-18,27H,2,4,6,11-15H2,1,3H3. The Bertz CT molecular complexity index is 883. The lowest BCUT2D eigenvalue weighted by Crippen LogP contribution is -2.11. The lowest BCUT2D eigenvalue weighted by atomic mass is 10.1. The predicted octanol–water partition coefficient (Wildman–Crippen LogP) is 5.14. The molecule has 6 nitrogen and oxygen atoms in total. The lowest BCUT2D eigenvalue weighted by molar-refractivity contribution is -0.139. The molecule has 0 saturated heterocycles. The Balaban J connectivity index is 1.98. The number of hydrogen-bond donors (Lipinski definition) is 1. The molecule has 0 radical (unpaired) electrons. The minimum absolute atomic E-state index is 0.147. The molecule has 7 heteroatoms. The van der Waals surface area contributed by atoms with Crippen LogP contribution in [0.2, 0.25) is 0 Å². The van der Waals surface area contributed by atoms with E-state index >= 15 is 0 Å². The summed E-state index contributed by atoms with van der Waals surface area (Å²) in [6.07, 6.45) is 3.28. The summed E-state index contributed by atoms with van der Waals surface area (Å²) in [4.78, 5) is 11.1. The normalized spacial score (nSPS) is 11.6. The molecule has 0 aromatic heterocycles. The van der Waals surface area contributed by atoms with Gasteiger partial charge in [0.15, 0.2) is 23.1 Å². The van der Waals surface area contributed by atoms with Gasteiger partial charge in [-0.1, -0.05) is 32.1 Å². The van der Waals surface area contributed by atoms with Gasteiger partial charge >= 0.3 is 5.97 Å². The Hall–Kier alpha value is -3.06. The van der Waals surface area contributed by atoms with Crippen LogP contribution in [0.4, 0.5) is 4.39 Å². The summed E-state index contributed by atoms with van der Waals surface area (Å²) >= 11 is 0. The number of halogens is 1. The summed E-state index contributed by atoms with van der Waals surface area (Å²) in [7, 11) is 0. The van der Waals surface area contributed by atoms with E-state index in [1.807, 2.05) is 25.1 Å². The monoisotopic (exact) mass is 446 g/mol. The molecule has 0 bridgehead atoms. The molecule has 1 unspecified atom stereocenters. The first-order valence-corrected chi connectivity index (χ1v) is 10.7. The smallest absolute Gasteiger partial charge is 0.330 e. The molecule has 2 rings (SSSR count). The van der Waals surface area contributed by atoms with Crippen molar-refractivity contribution in [2.75, 3.05) is 26.4 Å². The van der Waals surface area contributed by atoms with E-state index in [1.54, 1.807) is 6.07 Å². The van der Waals surface area contributed by atoms with E-state index in [1.165, 1.54) is 12.1 Å². The van der Waals surface area contributed by atoms with Crippen LogP contribution in [0.15, 0.2) is 49.1 Å². The molecule has 0 aliphatic heterocycles. The Kier molecular flexibility index (Phi) is 10.5. The number of carbonyl (C=O) groups excluding carboxylic acids is 1. The SMILES string of the molecule is C=CC(=O)OCCOC(C)c1ccc(OCCc2ccc(O)c(F)c2)c(OCCCC)c1. The minimum atomic E-state index is -0.649. The maximum Gasteiger partial charge on any atom is 0.330 e. The van der Waals surface area contributed by atoms with E-state index in [4.69, 9.17) is 18.9 Å². The number of unbranched alkanes of at least 4 members (excludes halogenated alkanes) is 1. The molecule has 0 amide bonds. The minimum Gasteiger partial charge on any atom is -0.505 e. The average Bonchev–Trinajstić information content (AvgIpc) is 2.79. The zero-order valence-corrected chi connectivity index (χ0v) is 18.6. The number of rotatable bonds is 14. The van der Waals surface area contributed by atoms with E-state index in [0.717, 1.165) is 30.0 Å². The van der Waals surface area contributed by atoms with E-state index in [9.17, 15) is 14.3 Å². The Morgan fingerprint density at radius 3 is 2.59 bits per heavy atom. The van der Waals surface area contributed by atoms with Gasteiger partial charge < -0.3 is 24.1 Å². The molecule has 0 saturated carbocycles. The third-order valence-electron chi connectivity index (χ3n) is 4.72. The third-order valence-corrected chi connectivity index (χ3v) is 4.72. The van der Waals surface area contributed by atoms with E-state index in [-0.39, 0.29) is 25.1 Å². The largest absolute Gasteiger partial charge is 0.505 e. The summed E-state index contributed by atoms with van der Waals surface area (Å²) in [5.41, 5.74) is 1.63. The van der Waals surface area contributed by atoms with Gasteiger partial charge in [0.1, 0.15) is 6.61 Å². The second-order valence-electron chi connectivity index (χ2n) is 7.18. The number of esters is 1. The molecular formula is C25H31FO6. The van der Waals surface area contributed by atoms with Gasteiger partial charge in [0.2, 0.25) is 0 Å². The molecular weight excluding hydrogens is 415 g/mol. The van der Waals surface area contributed by atoms with Crippen LogP contribution in [-0.4, -0.2) is 37.5 Å². The topological polar surface area (TPSA) is 74.2 Å². The lowest BCUT2D eigenvalue weighted by Gasteiger charge is -2.18. The number of phenols is 1. The first-order valence-electron chi connectivity index (χ1n) is 10.7. The van der Waals surface area contributed by atoms with Crippen LogP contribution in [0, 0.1) is 5.82 Å². The van der Waals surface area contributed by atoms with Crippen LogP contribution < -0.4 is 9.47 Å². The van der Waals surface area contributed by atoms with E-state index in [0.29, 0.717) is 31.1 Å². The van der Waals surface area contributed by atoms with Crippen molar-refractivity contribution < 1.29 is 33.2 Å². The molecule has 0 fully saturated rings. The van der Waals surface area contributed by atoms with Gasteiger partial charge in [0, 0.05) is 12.5 Å². The molecule has 32 heavy (non-hydrogen) atoms. The Morgan fingerprint density at radius 2 is 1.88 bits per heavy atom. The van der Waals surface area contributed by atoms with Gasteiger partial charge in [-0.15, -0.1) is 0 Å². The van der Waals surface area contributed by atoms with Crippen molar-refractivity contribution >= 4 is 5.97 Å². The van der Waals surface area contributed by atoms with Crippen molar-refractivity contribution in [1.82, 2.24) is 0 Å². The fraction of sp³-hybridized carbons (Fsp3) is 0.400. The van der Waals surface area contributed by atoms with E-state index in [2.05, 4.69) is 13.5 Å². The van der Waals surface area contributed by atoms with Crippen LogP contribution in [-0.2, 0) is 20.7 Å². The highest BCUT2D eigenvalue weighted by Gasteiger charge is 2.13. The Labute approximate surface area is 188 Å². The van der Waals surface area contributed by atoms with Crippen LogP contribution >= 0.6 is 0 Å². The highest BCUT2D eigenvalue weighted by molar-refractivity contribution is 5.81. The fourth-order valence-corrected chi connectivity index (χ4v) is 2.84. The molecule has 0 aliphatic carbocycles. The average molecular weight is 447 g/mol. The molecule has 174 valence electrons. The van der Waals surface area contributed by atoms with Crippen molar-refractivity contribution in [3.63, 3.8) is 0 Å². The maximum atomic E-state index is 13.5. The van der Waals surface area contributed by atoms with Crippen molar-refractivity contribution in [3.8, 4) is 17.2 Å². The molecule has 2 aromatic carbocycles. The zero-order valence-electron chi connectivity index (χ0n) is 18.6. The molecule has 1 N–H and O–H groups in total. The molecule has 0 aliphatic rings. The summed E-state index contributed by atoms with van der Waals surface area (Å²) in [6.45, 7) is 8.63. The number of phenolic OH excluding ortho intramolecular Hbond substituents is 1. The first kappa shape index (κ1) is 25.2. The van der Waals surface area contributed by atoms with Gasteiger partial charge in [-0.25, -0.2) is 9.18 Å². The van der Waals surface area contributed by atoms with Gasteiger partial charge in [0.25, 0.3) is 0 Å². The number of ether oxygens (including phenoxy) is 4. The fourth-order valence-electron chi connectivity index (χ4n) is 2.84. The van der Waals surface area contributed by atoms with Gasteiger partial charge in [-0.3, -0.25) is 0 Å². The molecule has 2 aromatic rings. The van der Waals surface area contributed by atoms with Gasteiger partial charge in [0.05, 0.1) is 25.9 Å². The quantitative estimate of drug-likeness (QED) is 0.246. The predicted molar refractivity (Wildman–Crippen MR) is 120 cm³/mol. The van der Waals surface area contributed by atoms with Crippen LogP contribution in [0.5, 0.6) is 17.2 Å². The first-order chi connectivity index (χ1) is 15.4. The number of carbonyl (C=O) groups is 1. The van der Waals surface area contributed by atoms with Crippen molar-refractivity contribution in [3.05, 3.63) is 66.0 Å². The van der Waals surface area contributed by atoms with Crippen LogP contribution in [0.3, 0.4) is 0 Å². The van der Waals surface area contributed by atoms with Crippen molar-refractivity contribution in [2.24, 2.45) is 0 Å². The molecule has 0 spiro atoms. The molecule has 0 heterocycles. The van der Waals surface area contributed by atoms with E-state index < -0.39 is 11.8 Å². The van der Waals surface area contributed by atoms with Crippen LogP contribution in [0.25, 0.3) is 0 Å². The number of hydrogen-bond acceptors (Lipinski definition) is 6. The van der Waals surface area contributed by atoms with Gasteiger partial charge in [-0.05, 0) is 48.7 Å². The summed E-state index contributed by atoms with van der Waals surface area (Å²) in [5.74, 6) is -0.294. The zero-order chi connectivity index (χ0) is 23.3. The van der Waals surface area contributed by atoms with Crippen molar-refractivity contribution in [2.45, 2.75) is 39.2 Å². The van der Waals surface area contributed by atoms with Crippen LogP contribution in [0.1, 0.15) is 43.9 Å². The Morgan fingerprint density at radius 1 is 1.09 bits per heavy atom. The summed E-state index contributed by atoms with van der Waals surface area (Å²) < 4.78 is 36.0. The maximum absolute atomic E-state index is 13.5. The van der Waals surface area contributed by atoms with Gasteiger partial charge in [-0.2, -0.15) is 0 Å². The second-order valence-corrected chi connectivity index (χ2v) is 7.18. The summed E-state index contributed by atoms with van der Waals surface area (Å²) in [5, 5.41) is 9.30.